The fourth-order valence-corrected chi connectivity index (χ4v) is 3.69. The Morgan fingerprint density at radius 1 is 1.06 bits per heavy atom. The van der Waals surface area contributed by atoms with Crippen molar-refractivity contribution in [1.82, 2.24) is 15.5 Å². The third-order valence-electron chi connectivity index (χ3n) is 5.26. The maximum atomic E-state index is 14.0. The Hall–Kier alpha value is -2.57. The van der Waals surface area contributed by atoms with Gasteiger partial charge in [-0.05, 0) is 66.4 Å². The van der Waals surface area contributed by atoms with Crippen LogP contribution in [0.1, 0.15) is 92.3 Å². The number of hydrogen-bond donors (Lipinski definition) is 2. The largest absolute Gasteiger partial charge is 0.444 e. The number of rotatable bonds is 9. The standard InChI is InChI=1S/C27H45N3O4/c1-11-12-16-28-23(31)22(20-15-13-14-19(4)17-20)30(26(5,6)7)24(32)21(18(2)3)29-25(33)34-27(8,9)10/h13-15,17-18,21-22H,11-12,16H2,1-10H3,(H,28,31)(H,29,33). The van der Waals surface area contributed by atoms with Crippen molar-refractivity contribution in [3.63, 3.8) is 0 Å². The molecule has 0 saturated carbocycles. The number of alkyl carbamates (subject to hydrolysis) is 1. The van der Waals surface area contributed by atoms with Gasteiger partial charge in [0, 0.05) is 12.1 Å². The molecule has 0 aliphatic rings. The molecule has 0 bridgehead atoms. The number of nitrogens with one attached hydrogen (secondary N) is 2. The number of carbonyl (C=O) groups excluding carboxylic acids is 3. The molecule has 1 aromatic carbocycles. The second kappa shape index (κ2) is 12.2. The van der Waals surface area contributed by atoms with Crippen LogP contribution >= 0.6 is 0 Å². The lowest BCUT2D eigenvalue weighted by Crippen LogP contribution is -2.59. The number of amides is 3. The first-order valence-electron chi connectivity index (χ1n) is 12.3. The van der Waals surface area contributed by atoms with Crippen LogP contribution in [0.15, 0.2) is 24.3 Å². The summed E-state index contributed by atoms with van der Waals surface area (Å²) in [4.78, 5) is 41.7. The Balaban J connectivity index is 3.49. The van der Waals surface area contributed by atoms with Crippen LogP contribution in [0.2, 0.25) is 0 Å². The fraction of sp³-hybridized carbons (Fsp3) is 0.667. The van der Waals surface area contributed by atoms with Crippen molar-refractivity contribution < 1.29 is 19.1 Å². The lowest BCUT2D eigenvalue weighted by Gasteiger charge is -2.43. The molecule has 0 saturated heterocycles. The minimum atomic E-state index is -0.857. The van der Waals surface area contributed by atoms with Gasteiger partial charge in [0.05, 0.1) is 0 Å². The molecule has 0 radical (unpaired) electrons. The summed E-state index contributed by atoms with van der Waals surface area (Å²) in [6.45, 7) is 19.3. The van der Waals surface area contributed by atoms with Crippen LogP contribution in [-0.2, 0) is 14.3 Å². The van der Waals surface area contributed by atoms with Gasteiger partial charge in [-0.3, -0.25) is 9.59 Å². The van der Waals surface area contributed by atoms with E-state index in [-0.39, 0.29) is 17.7 Å². The molecule has 0 heterocycles. The van der Waals surface area contributed by atoms with E-state index in [1.807, 2.05) is 65.8 Å². The highest BCUT2D eigenvalue weighted by Gasteiger charge is 2.42. The summed E-state index contributed by atoms with van der Waals surface area (Å²) in [5.74, 6) is -0.779. The summed E-state index contributed by atoms with van der Waals surface area (Å²) in [6, 6.07) is 5.95. The van der Waals surface area contributed by atoms with Crippen molar-refractivity contribution in [2.45, 2.75) is 105 Å². The Bertz CT molecular complexity index is 837. The number of benzene rings is 1. The second-order valence-electron chi connectivity index (χ2n) is 11.2. The Kier molecular flexibility index (Phi) is 10.6. The number of nitrogens with zero attached hydrogens (tertiary/aromatic N) is 1. The minimum absolute atomic E-state index is 0.216. The lowest BCUT2D eigenvalue weighted by molar-refractivity contribution is -0.149. The molecular formula is C27H45N3O4. The topological polar surface area (TPSA) is 87.7 Å². The normalized spacial score (nSPS) is 13.7. The van der Waals surface area contributed by atoms with E-state index in [1.165, 1.54) is 0 Å². The van der Waals surface area contributed by atoms with Crippen LogP contribution in [0, 0.1) is 12.8 Å². The van der Waals surface area contributed by atoms with Crippen LogP contribution in [0.25, 0.3) is 0 Å². The van der Waals surface area contributed by atoms with E-state index in [9.17, 15) is 14.4 Å². The summed E-state index contributed by atoms with van der Waals surface area (Å²) in [5, 5.41) is 5.75. The van der Waals surface area contributed by atoms with Gasteiger partial charge < -0.3 is 20.3 Å². The van der Waals surface area contributed by atoms with E-state index in [2.05, 4.69) is 17.6 Å². The van der Waals surface area contributed by atoms with Crippen molar-refractivity contribution >= 4 is 17.9 Å². The van der Waals surface area contributed by atoms with Gasteiger partial charge in [0.1, 0.15) is 17.7 Å². The summed E-state index contributed by atoms with van der Waals surface area (Å²) < 4.78 is 5.41. The molecule has 34 heavy (non-hydrogen) atoms. The first-order valence-corrected chi connectivity index (χ1v) is 12.3. The third kappa shape index (κ3) is 8.99. The van der Waals surface area contributed by atoms with E-state index < -0.39 is 29.3 Å². The molecule has 0 aromatic heterocycles. The zero-order valence-corrected chi connectivity index (χ0v) is 22.7. The molecule has 0 spiro atoms. The van der Waals surface area contributed by atoms with E-state index >= 15 is 0 Å². The SMILES string of the molecule is CCCCNC(=O)C(c1cccc(C)c1)N(C(=O)C(NC(=O)OC(C)(C)C)C(C)C)C(C)(C)C. The van der Waals surface area contributed by atoms with Gasteiger partial charge in [-0.15, -0.1) is 0 Å². The van der Waals surface area contributed by atoms with Crippen molar-refractivity contribution in [3.8, 4) is 0 Å². The molecule has 3 amide bonds. The van der Waals surface area contributed by atoms with Gasteiger partial charge in [-0.2, -0.15) is 0 Å². The first-order chi connectivity index (χ1) is 15.6. The summed E-state index contributed by atoms with van der Waals surface area (Å²) in [6.07, 6.45) is 1.14. The Morgan fingerprint density at radius 2 is 1.68 bits per heavy atom. The Morgan fingerprint density at radius 3 is 2.15 bits per heavy atom. The highest BCUT2D eigenvalue weighted by atomic mass is 16.6. The zero-order valence-electron chi connectivity index (χ0n) is 22.7. The van der Waals surface area contributed by atoms with Crippen LogP contribution in [-0.4, -0.2) is 46.5 Å². The monoisotopic (exact) mass is 475 g/mol. The van der Waals surface area contributed by atoms with E-state index in [4.69, 9.17) is 4.74 Å². The van der Waals surface area contributed by atoms with Crippen LogP contribution in [0.5, 0.6) is 0 Å². The molecule has 7 heteroatoms. The van der Waals surface area contributed by atoms with Crippen molar-refractivity contribution in [3.05, 3.63) is 35.4 Å². The van der Waals surface area contributed by atoms with Crippen LogP contribution in [0.3, 0.4) is 0 Å². The lowest BCUT2D eigenvalue weighted by atomic mass is 9.92. The van der Waals surface area contributed by atoms with Crippen molar-refractivity contribution in [1.29, 1.82) is 0 Å². The van der Waals surface area contributed by atoms with E-state index in [1.54, 1.807) is 25.7 Å². The van der Waals surface area contributed by atoms with Crippen molar-refractivity contribution in [2.75, 3.05) is 6.54 Å². The predicted octanol–water partition coefficient (Wildman–Crippen LogP) is 5.13. The van der Waals surface area contributed by atoms with E-state index in [0.29, 0.717) is 6.54 Å². The van der Waals surface area contributed by atoms with Crippen molar-refractivity contribution in [2.24, 2.45) is 5.92 Å². The quantitative estimate of drug-likeness (QED) is 0.485. The summed E-state index contributed by atoms with van der Waals surface area (Å²) in [5.41, 5.74) is 0.340. The predicted molar refractivity (Wildman–Crippen MR) is 136 cm³/mol. The number of unbranched alkanes of at least 4 members (excludes halogenated alkanes) is 1. The number of aryl methyl sites for hydroxylation is 1. The molecule has 0 aliphatic heterocycles. The molecule has 2 unspecified atom stereocenters. The van der Waals surface area contributed by atoms with E-state index in [0.717, 1.165) is 24.0 Å². The van der Waals surface area contributed by atoms with Gasteiger partial charge >= 0.3 is 6.09 Å². The molecule has 1 aromatic rings. The van der Waals surface area contributed by atoms with Gasteiger partial charge in [0.15, 0.2) is 0 Å². The van der Waals surface area contributed by atoms with Gasteiger partial charge in [0.25, 0.3) is 0 Å². The fourth-order valence-electron chi connectivity index (χ4n) is 3.69. The third-order valence-corrected chi connectivity index (χ3v) is 5.26. The van der Waals surface area contributed by atoms with Gasteiger partial charge in [-0.25, -0.2) is 4.79 Å². The number of hydrogen-bond acceptors (Lipinski definition) is 4. The minimum Gasteiger partial charge on any atom is -0.444 e. The second-order valence-corrected chi connectivity index (χ2v) is 11.2. The average molecular weight is 476 g/mol. The molecule has 7 nitrogen and oxygen atoms in total. The number of carbonyl (C=O) groups is 3. The first kappa shape index (κ1) is 29.5. The number of ether oxygens (including phenoxy) is 1. The zero-order chi connectivity index (χ0) is 26.3. The van der Waals surface area contributed by atoms with Crippen LogP contribution in [0.4, 0.5) is 4.79 Å². The summed E-state index contributed by atoms with van der Waals surface area (Å²) in [7, 11) is 0. The smallest absolute Gasteiger partial charge is 0.408 e. The van der Waals surface area contributed by atoms with Crippen LogP contribution < -0.4 is 10.6 Å². The van der Waals surface area contributed by atoms with Gasteiger partial charge in [0.2, 0.25) is 11.8 Å². The molecule has 1 rings (SSSR count). The maximum absolute atomic E-state index is 14.0. The highest BCUT2D eigenvalue weighted by Crippen LogP contribution is 2.31. The molecule has 0 aliphatic carbocycles. The molecular weight excluding hydrogens is 430 g/mol. The average Bonchev–Trinajstić information content (AvgIpc) is 2.67. The molecule has 0 fully saturated rings. The maximum Gasteiger partial charge on any atom is 0.408 e. The molecule has 2 N–H and O–H groups in total. The molecule has 2 atom stereocenters. The molecule has 192 valence electrons. The highest BCUT2D eigenvalue weighted by molar-refractivity contribution is 5.92. The van der Waals surface area contributed by atoms with Gasteiger partial charge in [-0.1, -0.05) is 57.0 Å². The summed E-state index contributed by atoms with van der Waals surface area (Å²) >= 11 is 0. The Labute approximate surface area is 206 Å².